The fourth-order valence-electron chi connectivity index (χ4n) is 3.33. The first-order chi connectivity index (χ1) is 15.2. The quantitative estimate of drug-likeness (QED) is 0.467. The molecular formula is C26H37N3O2S. The first-order valence-corrected chi connectivity index (χ1v) is 12.2. The highest BCUT2D eigenvalue weighted by Gasteiger charge is 2.17. The smallest absolute Gasteiger partial charge is 0.224 e. The molecule has 2 aromatic carbocycles. The minimum absolute atomic E-state index is 0.0436. The van der Waals surface area contributed by atoms with Crippen molar-refractivity contribution >= 4 is 29.4 Å². The van der Waals surface area contributed by atoms with E-state index in [-0.39, 0.29) is 23.3 Å². The molecule has 0 unspecified atom stereocenters. The van der Waals surface area contributed by atoms with Gasteiger partial charge in [0.05, 0.1) is 0 Å². The van der Waals surface area contributed by atoms with Gasteiger partial charge in [-0.05, 0) is 81.8 Å². The van der Waals surface area contributed by atoms with Crippen LogP contribution in [0.5, 0.6) is 0 Å². The maximum atomic E-state index is 12.0. The third-order valence-corrected chi connectivity index (χ3v) is 6.33. The lowest BCUT2D eigenvalue weighted by Gasteiger charge is -2.19. The zero-order valence-corrected chi connectivity index (χ0v) is 20.3. The molecule has 0 aromatic heterocycles. The second-order valence-electron chi connectivity index (χ2n) is 9.25. The third-order valence-electron chi connectivity index (χ3n) is 5.10. The number of anilines is 1. The predicted octanol–water partition coefficient (Wildman–Crippen LogP) is 5.71. The van der Waals surface area contributed by atoms with Gasteiger partial charge in [-0.15, -0.1) is 0 Å². The molecule has 0 spiro atoms. The van der Waals surface area contributed by atoms with Crippen molar-refractivity contribution in [1.29, 1.82) is 0 Å². The van der Waals surface area contributed by atoms with Crippen LogP contribution in [0.4, 0.5) is 5.69 Å². The normalized spacial score (nSPS) is 14.2. The van der Waals surface area contributed by atoms with Gasteiger partial charge in [0.25, 0.3) is 0 Å². The SMILES string of the molecule is CC(C)(C)NSc1ccc(NC(=O)CCc2ccccc2)cc1.NC(=O)C1CCCCC1. The monoisotopic (exact) mass is 455 g/mol. The van der Waals surface area contributed by atoms with Crippen LogP contribution >= 0.6 is 11.9 Å². The zero-order chi connectivity index (χ0) is 23.4. The number of nitrogens with two attached hydrogens (primary N) is 1. The standard InChI is InChI=1S/C19H24N2OS.C7H13NO/c1-19(2,3)21-23-17-12-10-16(11-13-17)20-18(22)14-9-15-7-5-4-6-8-15;8-7(9)6-4-2-1-3-5-6/h4-8,10-13,21H,9,14H2,1-3H3,(H,20,22);6H,1-5H2,(H2,8,9). The number of carbonyl (C=O) groups is 2. The Balaban J connectivity index is 0.000000336. The molecule has 0 atom stereocenters. The maximum Gasteiger partial charge on any atom is 0.224 e. The number of benzene rings is 2. The molecule has 2 amide bonds. The molecule has 6 heteroatoms. The van der Waals surface area contributed by atoms with Crippen molar-refractivity contribution in [3.63, 3.8) is 0 Å². The molecule has 32 heavy (non-hydrogen) atoms. The first kappa shape index (κ1) is 25.9. The molecule has 4 N–H and O–H groups in total. The Morgan fingerprint density at radius 3 is 2.12 bits per heavy atom. The van der Waals surface area contributed by atoms with Crippen molar-refractivity contribution < 1.29 is 9.59 Å². The molecule has 174 valence electrons. The van der Waals surface area contributed by atoms with Crippen molar-refractivity contribution in [3.05, 3.63) is 60.2 Å². The van der Waals surface area contributed by atoms with Gasteiger partial charge in [-0.25, -0.2) is 0 Å². The van der Waals surface area contributed by atoms with Crippen molar-refractivity contribution in [2.45, 2.75) is 76.2 Å². The van der Waals surface area contributed by atoms with E-state index in [9.17, 15) is 9.59 Å². The molecule has 0 bridgehead atoms. The summed E-state index contributed by atoms with van der Waals surface area (Å²) >= 11 is 1.60. The van der Waals surface area contributed by atoms with Gasteiger partial charge in [-0.3, -0.25) is 14.3 Å². The van der Waals surface area contributed by atoms with E-state index in [1.807, 2.05) is 54.6 Å². The van der Waals surface area contributed by atoms with Crippen molar-refractivity contribution in [2.24, 2.45) is 11.7 Å². The molecule has 0 radical (unpaired) electrons. The minimum atomic E-state index is -0.102. The van der Waals surface area contributed by atoms with Crippen LogP contribution in [0.15, 0.2) is 59.5 Å². The molecule has 1 fully saturated rings. The number of hydrogen-bond acceptors (Lipinski definition) is 4. The van der Waals surface area contributed by atoms with E-state index in [0.29, 0.717) is 6.42 Å². The lowest BCUT2D eigenvalue weighted by atomic mass is 9.89. The minimum Gasteiger partial charge on any atom is -0.369 e. The van der Waals surface area contributed by atoms with Crippen molar-refractivity contribution in [2.75, 3.05) is 5.32 Å². The summed E-state index contributed by atoms with van der Waals surface area (Å²) in [6, 6.07) is 18.0. The molecule has 0 saturated heterocycles. The van der Waals surface area contributed by atoms with Crippen molar-refractivity contribution in [3.8, 4) is 0 Å². The lowest BCUT2D eigenvalue weighted by Crippen LogP contribution is -2.29. The summed E-state index contributed by atoms with van der Waals surface area (Å²) in [5.41, 5.74) is 7.21. The molecule has 1 saturated carbocycles. The van der Waals surface area contributed by atoms with Crippen LogP contribution in [0.3, 0.4) is 0 Å². The van der Waals surface area contributed by atoms with E-state index in [1.54, 1.807) is 11.9 Å². The van der Waals surface area contributed by atoms with Crippen LogP contribution in [-0.2, 0) is 16.0 Å². The van der Waals surface area contributed by atoms with Gasteiger partial charge in [-0.2, -0.15) is 0 Å². The summed E-state index contributed by atoms with van der Waals surface area (Å²) in [4.78, 5) is 23.7. The number of hydrogen-bond donors (Lipinski definition) is 3. The van der Waals surface area contributed by atoms with Gasteiger partial charge in [0, 0.05) is 28.5 Å². The Bertz CT molecular complexity index is 826. The first-order valence-electron chi connectivity index (χ1n) is 11.4. The molecule has 0 aliphatic heterocycles. The maximum absolute atomic E-state index is 12.0. The second kappa shape index (κ2) is 13.3. The fraction of sp³-hybridized carbons (Fsp3) is 0.462. The zero-order valence-electron chi connectivity index (χ0n) is 19.5. The van der Waals surface area contributed by atoms with Crippen LogP contribution in [-0.4, -0.2) is 17.4 Å². The van der Waals surface area contributed by atoms with Crippen LogP contribution in [0.25, 0.3) is 0 Å². The molecule has 2 aromatic rings. The lowest BCUT2D eigenvalue weighted by molar-refractivity contribution is -0.122. The summed E-state index contributed by atoms with van der Waals surface area (Å²) < 4.78 is 3.37. The highest BCUT2D eigenvalue weighted by atomic mass is 32.2. The molecule has 5 nitrogen and oxygen atoms in total. The van der Waals surface area contributed by atoms with Crippen LogP contribution < -0.4 is 15.8 Å². The number of primary amides is 1. The Hall–Kier alpha value is -2.31. The van der Waals surface area contributed by atoms with Crippen LogP contribution in [0, 0.1) is 5.92 Å². The Kier molecular flexibility index (Phi) is 10.8. The highest BCUT2D eigenvalue weighted by molar-refractivity contribution is 7.97. The average molecular weight is 456 g/mol. The molecule has 3 rings (SSSR count). The van der Waals surface area contributed by atoms with Gasteiger partial charge in [-0.1, -0.05) is 49.6 Å². The van der Waals surface area contributed by atoms with Gasteiger partial charge in [0.15, 0.2) is 0 Å². The molecular weight excluding hydrogens is 418 g/mol. The number of carbonyl (C=O) groups excluding carboxylic acids is 2. The summed E-state index contributed by atoms with van der Waals surface area (Å²) in [5, 5.41) is 2.94. The largest absolute Gasteiger partial charge is 0.369 e. The highest BCUT2D eigenvalue weighted by Crippen LogP contribution is 2.23. The number of rotatable bonds is 7. The van der Waals surface area contributed by atoms with Crippen LogP contribution in [0.2, 0.25) is 0 Å². The average Bonchev–Trinajstić information content (AvgIpc) is 2.78. The van der Waals surface area contributed by atoms with Crippen molar-refractivity contribution in [1.82, 2.24) is 4.72 Å². The summed E-state index contributed by atoms with van der Waals surface area (Å²) in [5.74, 6) is 0.135. The predicted molar refractivity (Wildman–Crippen MR) is 134 cm³/mol. The Morgan fingerprint density at radius 1 is 0.969 bits per heavy atom. The van der Waals surface area contributed by atoms with E-state index in [1.165, 1.54) is 24.8 Å². The topological polar surface area (TPSA) is 84.2 Å². The van der Waals surface area contributed by atoms with Crippen LogP contribution in [0.1, 0.15) is 64.9 Å². The summed E-state index contributed by atoms with van der Waals surface area (Å²) in [6.45, 7) is 6.38. The van der Waals surface area contributed by atoms with Gasteiger partial charge < -0.3 is 11.1 Å². The third kappa shape index (κ3) is 10.8. The molecule has 1 aliphatic rings. The van der Waals surface area contributed by atoms with E-state index < -0.39 is 0 Å². The molecule has 0 heterocycles. The van der Waals surface area contributed by atoms with E-state index in [4.69, 9.17) is 5.73 Å². The van der Waals surface area contributed by atoms with E-state index >= 15 is 0 Å². The van der Waals surface area contributed by atoms with Gasteiger partial charge in [0.1, 0.15) is 0 Å². The van der Waals surface area contributed by atoms with E-state index in [2.05, 4.69) is 30.8 Å². The molecule has 1 aliphatic carbocycles. The number of aryl methyl sites for hydroxylation is 1. The number of amides is 2. The Morgan fingerprint density at radius 2 is 1.59 bits per heavy atom. The Labute approximate surface area is 197 Å². The summed E-state index contributed by atoms with van der Waals surface area (Å²) in [7, 11) is 0. The fourth-order valence-corrected chi connectivity index (χ4v) is 4.03. The number of nitrogens with one attached hydrogen (secondary N) is 2. The second-order valence-corrected chi connectivity index (χ2v) is 10.1. The summed E-state index contributed by atoms with van der Waals surface area (Å²) in [6.07, 6.45) is 6.96. The van der Waals surface area contributed by atoms with Gasteiger partial charge in [0.2, 0.25) is 11.8 Å². The van der Waals surface area contributed by atoms with E-state index in [0.717, 1.165) is 29.8 Å². The van der Waals surface area contributed by atoms with Gasteiger partial charge >= 0.3 is 0 Å².